The second-order valence-corrected chi connectivity index (χ2v) is 4.73. The van der Waals surface area contributed by atoms with Crippen LogP contribution in [-0.4, -0.2) is 45.3 Å². The van der Waals surface area contributed by atoms with Crippen LogP contribution in [-0.2, 0) is 4.74 Å². The van der Waals surface area contributed by atoms with E-state index in [1.807, 2.05) is 12.1 Å². The van der Waals surface area contributed by atoms with E-state index < -0.39 is 0 Å². The van der Waals surface area contributed by atoms with E-state index in [2.05, 4.69) is 24.2 Å². The summed E-state index contributed by atoms with van der Waals surface area (Å²) in [6, 6.07) is 7.06. The van der Waals surface area contributed by atoms with Crippen LogP contribution in [0, 0.1) is 5.82 Å². The Kier molecular flexibility index (Phi) is 7.63. The molecule has 1 atom stereocenters. The van der Waals surface area contributed by atoms with E-state index in [1.54, 1.807) is 13.2 Å². The van der Waals surface area contributed by atoms with Crippen molar-refractivity contribution in [3.63, 3.8) is 0 Å². The van der Waals surface area contributed by atoms with Crippen molar-refractivity contribution in [1.29, 1.82) is 0 Å². The lowest BCUT2D eigenvalue weighted by molar-refractivity contribution is 0.161. The van der Waals surface area contributed by atoms with Gasteiger partial charge in [0.2, 0.25) is 0 Å². The quantitative estimate of drug-likeness (QED) is 0.744. The number of halogens is 1. The first-order valence-corrected chi connectivity index (χ1v) is 6.84. The summed E-state index contributed by atoms with van der Waals surface area (Å²) in [5.41, 5.74) is 0.754. The predicted molar refractivity (Wildman–Crippen MR) is 76.8 cm³/mol. The minimum atomic E-state index is -0.130. The number of nitrogens with zero attached hydrogens (tertiary/aromatic N) is 1. The summed E-state index contributed by atoms with van der Waals surface area (Å²) in [5, 5.41) is 3.41. The number of methoxy groups -OCH3 is 1. The maximum Gasteiger partial charge on any atom is 0.127 e. The summed E-state index contributed by atoms with van der Waals surface area (Å²) in [7, 11) is 3.77. The SMILES string of the molecule is CCC(NCCN(C)CCOC)c1ccccc1F. The van der Waals surface area contributed by atoms with Crippen LogP contribution in [0.2, 0.25) is 0 Å². The molecule has 19 heavy (non-hydrogen) atoms. The van der Waals surface area contributed by atoms with Gasteiger partial charge in [0, 0.05) is 38.3 Å². The molecule has 1 aromatic carbocycles. The van der Waals surface area contributed by atoms with Gasteiger partial charge in [0.15, 0.2) is 0 Å². The van der Waals surface area contributed by atoms with Gasteiger partial charge >= 0.3 is 0 Å². The molecule has 0 bridgehead atoms. The molecule has 108 valence electrons. The topological polar surface area (TPSA) is 24.5 Å². The molecule has 0 aliphatic heterocycles. The molecule has 4 heteroatoms. The van der Waals surface area contributed by atoms with Gasteiger partial charge in [-0.05, 0) is 19.5 Å². The van der Waals surface area contributed by atoms with Crippen molar-refractivity contribution < 1.29 is 9.13 Å². The summed E-state index contributed by atoms with van der Waals surface area (Å²) in [6.07, 6.45) is 0.878. The standard InChI is InChI=1S/C15H25FN2O/c1-4-15(13-7-5-6-8-14(13)16)17-9-10-18(2)11-12-19-3/h5-8,15,17H,4,9-12H2,1-3H3. The monoisotopic (exact) mass is 268 g/mol. The molecule has 0 amide bonds. The maximum atomic E-state index is 13.7. The highest BCUT2D eigenvalue weighted by Crippen LogP contribution is 2.19. The molecule has 0 fully saturated rings. The first-order chi connectivity index (χ1) is 9.19. The number of rotatable bonds is 9. The molecule has 1 aromatic rings. The van der Waals surface area contributed by atoms with Gasteiger partial charge in [0.05, 0.1) is 6.61 Å². The van der Waals surface area contributed by atoms with Crippen molar-refractivity contribution in [2.75, 3.05) is 40.4 Å². The number of likely N-dealkylation sites (N-methyl/N-ethyl adjacent to an activating group) is 1. The summed E-state index contributed by atoms with van der Waals surface area (Å²) >= 11 is 0. The van der Waals surface area contributed by atoms with Crippen LogP contribution in [0.25, 0.3) is 0 Å². The molecule has 1 unspecified atom stereocenters. The Morgan fingerprint density at radius 3 is 2.68 bits per heavy atom. The molecule has 1 N–H and O–H groups in total. The minimum Gasteiger partial charge on any atom is -0.383 e. The first-order valence-electron chi connectivity index (χ1n) is 6.84. The third-order valence-electron chi connectivity index (χ3n) is 3.25. The highest BCUT2D eigenvalue weighted by atomic mass is 19.1. The summed E-state index contributed by atoms with van der Waals surface area (Å²) in [6.45, 7) is 5.48. The van der Waals surface area contributed by atoms with E-state index in [1.165, 1.54) is 6.07 Å². The third kappa shape index (κ3) is 5.68. The first kappa shape index (κ1) is 16.1. The van der Waals surface area contributed by atoms with Gasteiger partial charge in [-0.25, -0.2) is 4.39 Å². The van der Waals surface area contributed by atoms with Crippen molar-refractivity contribution in [3.05, 3.63) is 35.6 Å². The highest BCUT2D eigenvalue weighted by Gasteiger charge is 2.12. The van der Waals surface area contributed by atoms with Gasteiger partial charge in [-0.1, -0.05) is 25.1 Å². The Morgan fingerprint density at radius 1 is 1.32 bits per heavy atom. The highest BCUT2D eigenvalue weighted by molar-refractivity contribution is 5.21. The minimum absolute atomic E-state index is 0.0806. The van der Waals surface area contributed by atoms with E-state index >= 15 is 0 Å². The van der Waals surface area contributed by atoms with Crippen molar-refractivity contribution >= 4 is 0 Å². The zero-order valence-electron chi connectivity index (χ0n) is 12.2. The fraction of sp³-hybridized carbons (Fsp3) is 0.600. The lowest BCUT2D eigenvalue weighted by atomic mass is 10.0. The summed E-state index contributed by atoms with van der Waals surface area (Å²) in [4.78, 5) is 2.20. The number of hydrogen-bond acceptors (Lipinski definition) is 3. The largest absolute Gasteiger partial charge is 0.383 e. The number of ether oxygens (including phenoxy) is 1. The molecule has 0 aliphatic rings. The molecule has 0 heterocycles. The van der Waals surface area contributed by atoms with E-state index in [9.17, 15) is 4.39 Å². The van der Waals surface area contributed by atoms with Crippen molar-refractivity contribution in [1.82, 2.24) is 10.2 Å². The lowest BCUT2D eigenvalue weighted by Gasteiger charge is -2.21. The van der Waals surface area contributed by atoms with Crippen LogP contribution in [0.1, 0.15) is 24.9 Å². The predicted octanol–water partition coefficient (Wildman–Crippen LogP) is 2.44. The molecule has 0 radical (unpaired) electrons. The van der Waals surface area contributed by atoms with E-state index in [-0.39, 0.29) is 11.9 Å². The van der Waals surface area contributed by atoms with E-state index in [0.29, 0.717) is 0 Å². The van der Waals surface area contributed by atoms with Crippen LogP contribution in [0.3, 0.4) is 0 Å². The van der Waals surface area contributed by atoms with Crippen LogP contribution < -0.4 is 5.32 Å². The number of nitrogens with one attached hydrogen (secondary N) is 1. The van der Waals surface area contributed by atoms with Gasteiger partial charge in [-0.15, -0.1) is 0 Å². The van der Waals surface area contributed by atoms with Gasteiger partial charge < -0.3 is 15.0 Å². The summed E-state index contributed by atoms with van der Waals surface area (Å²) < 4.78 is 18.7. The molecule has 0 saturated carbocycles. The Balaban J connectivity index is 2.39. The van der Waals surface area contributed by atoms with Gasteiger partial charge in [0.25, 0.3) is 0 Å². The number of hydrogen-bond donors (Lipinski definition) is 1. The average molecular weight is 268 g/mol. The van der Waals surface area contributed by atoms with E-state index in [0.717, 1.165) is 38.2 Å². The zero-order valence-corrected chi connectivity index (χ0v) is 12.2. The maximum absolute atomic E-state index is 13.7. The Morgan fingerprint density at radius 2 is 2.05 bits per heavy atom. The molecule has 0 aromatic heterocycles. The smallest absolute Gasteiger partial charge is 0.127 e. The normalized spacial score (nSPS) is 12.9. The average Bonchev–Trinajstić information content (AvgIpc) is 2.42. The molecule has 0 aliphatic carbocycles. The molecule has 0 spiro atoms. The lowest BCUT2D eigenvalue weighted by Crippen LogP contribution is -2.33. The van der Waals surface area contributed by atoms with Crippen LogP contribution in [0.4, 0.5) is 4.39 Å². The van der Waals surface area contributed by atoms with Crippen LogP contribution in [0.5, 0.6) is 0 Å². The van der Waals surface area contributed by atoms with Crippen LogP contribution >= 0.6 is 0 Å². The third-order valence-corrected chi connectivity index (χ3v) is 3.25. The second-order valence-electron chi connectivity index (χ2n) is 4.73. The molecule has 1 rings (SSSR count). The molecule has 0 saturated heterocycles. The van der Waals surface area contributed by atoms with Crippen molar-refractivity contribution in [3.8, 4) is 0 Å². The Labute approximate surface area is 115 Å². The van der Waals surface area contributed by atoms with Gasteiger partial charge in [-0.3, -0.25) is 0 Å². The number of benzene rings is 1. The molecule has 3 nitrogen and oxygen atoms in total. The molecular weight excluding hydrogens is 243 g/mol. The Hall–Kier alpha value is -0.970. The van der Waals surface area contributed by atoms with Crippen molar-refractivity contribution in [2.45, 2.75) is 19.4 Å². The summed E-state index contributed by atoms with van der Waals surface area (Å²) in [5.74, 6) is -0.130. The van der Waals surface area contributed by atoms with Gasteiger partial charge in [0.1, 0.15) is 5.82 Å². The fourth-order valence-electron chi connectivity index (χ4n) is 2.02. The Bertz CT molecular complexity index is 360. The fourth-order valence-corrected chi connectivity index (χ4v) is 2.02. The van der Waals surface area contributed by atoms with Gasteiger partial charge in [-0.2, -0.15) is 0 Å². The van der Waals surface area contributed by atoms with E-state index in [4.69, 9.17) is 4.74 Å². The van der Waals surface area contributed by atoms with Crippen LogP contribution in [0.15, 0.2) is 24.3 Å². The zero-order chi connectivity index (χ0) is 14.1. The molecular formula is C15H25FN2O. The second kappa shape index (κ2) is 9.02. The van der Waals surface area contributed by atoms with Crippen molar-refractivity contribution in [2.24, 2.45) is 0 Å².